The highest BCUT2D eigenvalue weighted by Crippen LogP contribution is 2.39. The van der Waals surface area contributed by atoms with Gasteiger partial charge in [-0.15, -0.1) is 0 Å². The summed E-state index contributed by atoms with van der Waals surface area (Å²) in [6.07, 6.45) is 0. The third-order valence-electron chi connectivity index (χ3n) is 7.80. The fourth-order valence-electron chi connectivity index (χ4n) is 5.63. The van der Waals surface area contributed by atoms with E-state index >= 15 is 0 Å². The maximum Gasteiger partial charge on any atom is 0.256 e. The number of carbonyl (C=O) groups excluding carboxylic acids is 1. The third kappa shape index (κ3) is 4.35. The number of carbonyl (C=O) groups is 1. The molecule has 0 spiro atoms. The summed E-state index contributed by atoms with van der Waals surface area (Å²) in [6, 6.07) is 29.0. The minimum Gasteiger partial charge on any atom is -0.397 e. The Bertz CT molecular complexity index is 1460. The van der Waals surface area contributed by atoms with E-state index in [4.69, 9.17) is 5.73 Å². The van der Waals surface area contributed by atoms with E-state index < -0.39 is 8.07 Å². The molecular formula is C32H36N4OSi. The van der Waals surface area contributed by atoms with Crippen LogP contribution in [-0.2, 0) is 0 Å². The van der Waals surface area contributed by atoms with E-state index in [2.05, 4.69) is 98.9 Å². The molecule has 0 bridgehead atoms. The third-order valence-corrected chi connectivity index (χ3v) is 11.4. The van der Waals surface area contributed by atoms with E-state index in [1.54, 1.807) is 6.07 Å². The van der Waals surface area contributed by atoms with E-state index in [0.717, 1.165) is 5.56 Å². The Morgan fingerprint density at radius 3 is 1.82 bits per heavy atom. The van der Waals surface area contributed by atoms with Gasteiger partial charge in [0.05, 0.1) is 11.4 Å². The predicted octanol–water partition coefficient (Wildman–Crippen LogP) is 4.97. The maximum atomic E-state index is 13.7. The number of nitrogens with two attached hydrogens (primary N) is 1. The molecule has 0 unspecified atom stereocenters. The van der Waals surface area contributed by atoms with Crippen molar-refractivity contribution in [3.8, 4) is 0 Å². The van der Waals surface area contributed by atoms with Crippen molar-refractivity contribution in [2.75, 3.05) is 49.0 Å². The molecule has 0 aliphatic carbocycles. The number of fused-ring (bicyclic) bond motifs is 2. The second kappa shape index (κ2) is 9.69. The fraction of sp³-hybridized carbons (Fsp3) is 0.219. The van der Waals surface area contributed by atoms with Crippen molar-refractivity contribution in [1.82, 2.24) is 0 Å². The van der Waals surface area contributed by atoms with Crippen LogP contribution in [0.2, 0.25) is 13.1 Å². The number of amides is 1. The number of hydrogen-bond donors (Lipinski definition) is 2. The summed E-state index contributed by atoms with van der Waals surface area (Å²) < 4.78 is 0. The van der Waals surface area contributed by atoms with Gasteiger partial charge in [0.15, 0.2) is 0 Å². The predicted molar refractivity (Wildman–Crippen MR) is 164 cm³/mol. The molecule has 0 saturated carbocycles. The highest BCUT2D eigenvalue weighted by Gasteiger charge is 2.41. The van der Waals surface area contributed by atoms with Gasteiger partial charge in [0, 0.05) is 51.0 Å². The number of benzene rings is 4. The second-order valence-corrected chi connectivity index (χ2v) is 15.3. The zero-order valence-corrected chi connectivity index (χ0v) is 24.0. The zero-order valence-electron chi connectivity index (χ0n) is 23.0. The lowest BCUT2D eigenvalue weighted by molar-refractivity contribution is 0.102. The van der Waals surface area contributed by atoms with Crippen LogP contribution in [0.15, 0.2) is 84.9 Å². The van der Waals surface area contributed by atoms with Crippen LogP contribution in [0.3, 0.4) is 0 Å². The van der Waals surface area contributed by atoms with Crippen LogP contribution in [-0.4, -0.2) is 42.2 Å². The Kier molecular flexibility index (Phi) is 6.53. The summed E-state index contributed by atoms with van der Waals surface area (Å²) in [5.41, 5.74) is 13.9. The van der Waals surface area contributed by atoms with Crippen LogP contribution in [0.5, 0.6) is 0 Å². The van der Waals surface area contributed by atoms with Gasteiger partial charge >= 0.3 is 0 Å². The highest BCUT2D eigenvalue weighted by molar-refractivity contribution is 7.01. The van der Waals surface area contributed by atoms with Gasteiger partial charge < -0.3 is 20.9 Å². The lowest BCUT2D eigenvalue weighted by Gasteiger charge is -2.40. The van der Waals surface area contributed by atoms with Gasteiger partial charge in [-0.05, 0) is 69.5 Å². The number of nitrogens with zero attached hydrogens (tertiary/aromatic N) is 2. The first-order chi connectivity index (χ1) is 18.1. The van der Waals surface area contributed by atoms with Crippen molar-refractivity contribution in [1.29, 1.82) is 0 Å². The number of nitrogen functional groups attached to an aromatic ring is 1. The molecule has 0 saturated heterocycles. The van der Waals surface area contributed by atoms with Gasteiger partial charge in [-0.3, -0.25) is 4.79 Å². The van der Waals surface area contributed by atoms with Crippen LogP contribution in [0.1, 0.15) is 33.0 Å². The van der Waals surface area contributed by atoms with Crippen molar-refractivity contribution in [2.24, 2.45) is 0 Å². The van der Waals surface area contributed by atoms with Crippen molar-refractivity contribution < 1.29 is 4.79 Å². The molecule has 1 amide bonds. The molecule has 1 aliphatic heterocycles. The molecule has 5 rings (SSSR count). The van der Waals surface area contributed by atoms with E-state index in [9.17, 15) is 4.79 Å². The van der Waals surface area contributed by atoms with Crippen LogP contribution in [0.25, 0.3) is 0 Å². The smallest absolute Gasteiger partial charge is 0.256 e. The largest absolute Gasteiger partial charge is 0.397 e. The summed E-state index contributed by atoms with van der Waals surface area (Å²) in [7, 11) is 6.30. The number of hydrogen-bond acceptors (Lipinski definition) is 4. The molecule has 6 heteroatoms. The summed E-state index contributed by atoms with van der Waals surface area (Å²) in [6.45, 7) is 4.88. The molecule has 5 nitrogen and oxygen atoms in total. The van der Waals surface area contributed by atoms with Crippen molar-refractivity contribution >= 4 is 47.1 Å². The summed E-state index contributed by atoms with van der Waals surface area (Å²) >= 11 is 0. The SMILES string of the molecule is CN(C)c1ccc2c(c1)[Si](C)(C)c1cc(N(C)C)ccc1C2c1ccccc1C(=O)Nc1ccccc1N. The minimum absolute atomic E-state index is 0.0528. The first kappa shape index (κ1) is 25.6. The van der Waals surface area contributed by atoms with E-state index in [1.807, 2.05) is 36.4 Å². The number of rotatable bonds is 5. The molecule has 4 aromatic rings. The molecule has 1 heterocycles. The van der Waals surface area contributed by atoms with Crippen LogP contribution >= 0.6 is 0 Å². The van der Waals surface area contributed by atoms with Gasteiger partial charge in [-0.1, -0.05) is 55.6 Å². The first-order valence-corrected chi connectivity index (χ1v) is 16.0. The first-order valence-electron chi connectivity index (χ1n) is 13.0. The molecule has 38 heavy (non-hydrogen) atoms. The van der Waals surface area contributed by atoms with Gasteiger partial charge in [0.2, 0.25) is 0 Å². The fourth-order valence-corrected chi connectivity index (χ4v) is 8.84. The van der Waals surface area contributed by atoms with Gasteiger partial charge in [-0.25, -0.2) is 0 Å². The summed E-state index contributed by atoms with van der Waals surface area (Å²) in [4.78, 5) is 18.0. The summed E-state index contributed by atoms with van der Waals surface area (Å²) in [5.74, 6) is -0.207. The topological polar surface area (TPSA) is 61.6 Å². The average molecular weight is 521 g/mol. The minimum atomic E-state index is -2.04. The quantitative estimate of drug-likeness (QED) is 0.288. The molecule has 0 radical (unpaired) electrons. The van der Waals surface area contributed by atoms with Crippen LogP contribution < -0.4 is 31.2 Å². The number of anilines is 4. The molecule has 1 aliphatic rings. The Morgan fingerprint density at radius 2 is 1.26 bits per heavy atom. The number of nitrogens with one attached hydrogen (secondary N) is 1. The van der Waals surface area contributed by atoms with E-state index in [-0.39, 0.29) is 11.8 Å². The van der Waals surface area contributed by atoms with Gasteiger partial charge in [-0.2, -0.15) is 0 Å². The normalized spacial score (nSPS) is 13.8. The van der Waals surface area contributed by atoms with Crippen molar-refractivity contribution in [2.45, 2.75) is 19.0 Å². The molecule has 4 aromatic carbocycles. The van der Waals surface area contributed by atoms with Crippen molar-refractivity contribution in [3.63, 3.8) is 0 Å². The van der Waals surface area contributed by atoms with Gasteiger partial charge in [0.25, 0.3) is 5.91 Å². The molecule has 0 aromatic heterocycles. The monoisotopic (exact) mass is 520 g/mol. The van der Waals surface area contributed by atoms with E-state index in [1.165, 1.54) is 32.9 Å². The standard InChI is InChI=1S/C32H36N4OSi/c1-35(2)21-15-17-25-29(19-21)38(5,6)30-20-22(36(3)4)16-18-26(30)31(25)23-11-7-8-12-24(23)32(37)34-28-14-10-9-13-27(28)33/h7-20,31H,33H2,1-6H3,(H,34,37). The van der Waals surface area contributed by atoms with Crippen molar-refractivity contribution in [3.05, 3.63) is 107 Å². The Balaban J connectivity index is 1.72. The highest BCUT2D eigenvalue weighted by atomic mass is 28.3. The van der Waals surface area contributed by atoms with Crippen LogP contribution in [0.4, 0.5) is 22.7 Å². The Morgan fingerprint density at radius 1 is 0.737 bits per heavy atom. The lowest BCUT2D eigenvalue weighted by atomic mass is 9.81. The van der Waals surface area contributed by atoms with Crippen LogP contribution in [0, 0.1) is 0 Å². The summed E-state index contributed by atoms with van der Waals surface area (Å²) in [5, 5.41) is 5.88. The molecular weight excluding hydrogens is 484 g/mol. The molecule has 0 fully saturated rings. The second-order valence-electron chi connectivity index (χ2n) is 11.0. The Hall–Kier alpha value is -4.03. The maximum absolute atomic E-state index is 13.7. The molecule has 0 atom stereocenters. The average Bonchev–Trinajstić information content (AvgIpc) is 2.90. The molecule has 3 N–H and O–H groups in total. The lowest BCUT2D eigenvalue weighted by Crippen LogP contribution is -2.59. The van der Waals surface area contributed by atoms with E-state index in [0.29, 0.717) is 16.9 Å². The Labute approximate surface area is 226 Å². The number of para-hydroxylation sites is 2. The van der Waals surface area contributed by atoms with Gasteiger partial charge in [0.1, 0.15) is 8.07 Å². The molecule has 194 valence electrons. The zero-order chi connectivity index (χ0) is 27.2.